The van der Waals surface area contributed by atoms with Crippen LogP contribution in [0.15, 0.2) is 30.6 Å². The molecule has 0 spiro atoms. The predicted octanol–water partition coefficient (Wildman–Crippen LogP) is 1.49. The number of fused-ring (bicyclic) bond motifs is 1. The van der Waals surface area contributed by atoms with E-state index in [9.17, 15) is 9.59 Å². The Morgan fingerprint density at radius 3 is 2.86 bits per heavy atom. The number of primary amides is 1. The summed E-state index contributed by atoms with van der Waals surface area (Å²) in [5.74, 6) is 5.72. The van der Waals surface area contributed by atoms with Crippen LogP contribution in [0.4, 0.5) is 17.5 Å². The Morgan fingerprint density at radius 2 is 2.18 bits per heavy atom. The predicted molar refractivity (Wildman–Crippen MR) is 106 cm³/mol. The van der Waals surface area contributed by atoms with Crippen molar-refractivity contribution in [2.45, 2.75) is 26.3 Å². The van der Waals surface area contributed by atoms with Gasteiger partial charge in [0, 0.05) is 17.3 Å². The van der Waals surface area contributed by atoms with Crippen molar-refractivity contribution in [1.82, 2.24) is 20.2 Å². The molecule has 0 aliphatic rings. The van der Waals surface area contributed by atoms with Crippen LogP contribution >= 0.6 is 0 Å². The molecule has 2 atom stereocenters. The highest BCUT2D eigenvalue weighted by atomic mass is 16.1. The van der Waals surface area contributed by atoms with E-state index in [0.29, 0.717) is 5.69 Å². The van der Waals surface area contributed by atoms with Gasteiger partial charge in [0.05, 0.1) is 11.7 Å². The third-order valence-corrected chi connectivity index (χ3v) is 4.66. The van der Waals surface area contributed by atoms with Crippen LogP contribution in [-0.4, -0.2) is 38.4 Å². The third-order valence-electron chi connectivity index (χ3n) is 4.66. The van der Waals surface area contributed by atoms with Crippen molar-refractivity contribution in [2.75, 3.05) is 10.3 Å². The van der Waals surface area contributed by atoms with Gasteiger partial charge in [-0.1, -0.05) is 20.3 Å². The molecule has 1 amide bonds. The number of hydrogen-bond acceptors (Lipinski definition) is 8. The van der Waals surface area contributed by atoms with Crippen LogP contribution in [0.3, 0.4) is 0 Å². The average molecular weight is 382 g/mol. The first kappa shape index (κ1) is 19.2. The fraction of sp³-hybridized carbons (Fsp3) is 0.278. The lowest BCUT2D eigenvalue weighted by Gasteiger charge is -2.27. The van der Waals surface area contributed by atoms with Gasteiger partial charge in [-0.2, -0.15) is 10.1 Å². The van der Waals surface area contributed by atoms with Crippen LogP contribution in [0.2, 0.25) is 0 Å². The molecular formula is C18H22N8O2. The fourth-order valence-electron chi connectivity index (χ4n) is 2.78. The summed E-state index contributed by atoms with van der Waals surface area (Å²) in [6, 6.07) is 4.90. The molecule has 2 aromatic heterocycles. The molecule has 1 aromatic carbocycles. The second kappa shape index (κ2) is 8.01. The molecule has 0 unspecified atom stereocenters. The lowest BCUT2D eigenvalue weighted by atomic mass is 10.0. The van der Waals surface area contributed by atoms with Crippen molar-refractivity contribution < 1.29 is 9.59 Å². The number of hydrazine groups is 1. The van der Waals surface area contributed by atoms with Gasteiger partial charge in [-0.3, -0.25) is 14.9 Å². The number of aromatic amines is 1. The summed E-state index contributed by atoms with van der Waals surface area (Å²) in [5.41, 5.74) is 7.11. The van der Waals surface area contributed by atoms with Crippen molar-refractivity contribution in [1.29, 1.82) is 0 Å². The number of carbonyl (C=O) groups is 2. The van der Waals surface area contributed by atoms with Gasteiger partial charge in [-0.25, -0.2) is 10.8 Å². The van der Waals surface area contributed by atoms with E-state index in [2.05, 4.69) is 25.5 Å². The number of anilines is 3. The molecule has 10 heteroatoms. The molecule has 0 fully saturated rings. The quantitative estimate of drug-likeness (QED) is 0.259. The van der Waals surface area contributed by atoms with Crippen molar-refractivity contribution in [3.63, 3.8) is 0 Å². The largest absolute Gasteiger partial charge is 0.365 e. The number of benzene rings is 1. The Morgan fingerprint density at radius 1 is 1.39 bits per heavy atom. The van der Waals surface area contributed by atoms with Crippen molar-refractivity contribution >= 4 is 40.5 Å². The average Bonchev–Trinajstić information content (AvgIpc) is 3.15. The van der Waals surface area contributed by atoms with Gasteiger partial charge >= 0.3 is 0 Å². The molecule has 0 aliphatic carbocycles. The molecule has 6 N–H and O–H groups in total. The number of hydrogen-bond donors (Lipinski definition) is 4. The number of aromatic nitrogens is 4. The van der Waals surface area contributed by atoms with E-state index >= 15 is 0 Å². The number of nitrogens with zero attached hydrogens (tertiary/aromatic N) is 4. The van der Waals surface area contributed by atoms with Gasteiger partial charge in [-0.05, 0) is 24.1 Å². The molecular weight excluding hydrogens is 360 g/mol. The Kier molecular flexibility index (Phi) is 5.50. The number of carbonyl (C=O) groups excluding carboxylic acids is 2. The zero-order valence-electron chi connectivity index (χ0n) is 15.6. The third kappa shape index (κ3) is 3.76. The van der Waals surface area contributed by atoms with E-state index in [0.717, 1.165) is 23.6 Å². The Bertz CT molecular complexity index is 1000. The lowest BCUT2D eigenvalue weighted by molar-refractivity contribution is -0.109. The SMILES string of the molecule is CC[C@@H](C)[C@H](C=O)N(N)c1ncc(C(N)=O)c(Nc2ccc3[nH]ncc3c2)n1. The Labute approximate surface area is 161 Å². The molecule has 146 valence electrons. The number of H-pyrrole nitrogens is 1. The van der Waals surface area contributed by atoms with Gasteiger partial charge < -0.3 is 15.8 Å². The molecule has 0 bridgehead atoms. The lowest BCUT2D eigenvalue weighted by Crippen LogP contribution is -2.47. The minimum Gasteiger partial charge on any atom is -0.365 e. The normalized spacial score (nSPS) is 13.1. The topological polar surface area (TPSA) is 156 Å². The van der Waals surface area contributed by atoms with Crippen molar-refractivity contribution in [3.8, 4) is 0 Å². The Hall–Kier alpha value is -3.53. The van der Waals surface area contributed by atoms with Crippen LogP contribution < -0.4 is 21.9 Å². The monoisotopic (exact) mass is 382 g/mol. The fourth-order valence-corrected chi connectivity index (χ4v) is 2.78. The summed E-state index contributed by atoms with van der Waals surface area (Å²) in [7, 11) is 0. The van der Waals surface area contributed by atoms with Crippen LogP contribution in [0.25, 0.3) is 10.9 Å². The second-order valence-electron chi connectivity index (χ2n) is 6.51. The van der Waals surface area contributed by atoms with E-state index in [4.69, 9.17) is 11.6 Å². The maximum atomic E-state index is 11.8. The van der Waals surface area contributed by atoms with Crippen LogP contribution in [0.1, 0.15) is 30.6 Å². The summed E-state index contributed by atoms with van der Waals surface area (Å²) in [5, 5.41) is 12.0. The number of rotatable bonds is 8. The summed E-state index contributed by atoms with van der Waals surface area (Å²) in [6.07, 6.45) is 4.50. The molecule has 3 rings (SSSR count). The molecule has 0 radical (unpaired) electrons. The molecule has 0 saturated heterocycles. The van der Waals surface area contributed by atoms with Crippen molar-refractivity contribution in [2.24, 2.45) is 17.5 Å². The van der Waals surface area contributed by atoms with Crippen molar-refractivity contribution in [3.05, 3.63) is 36.2 Å². The van der Waals surface area contributed by atoms with E-state index in [-0.39, 0.29) is 23.2 Å². The smallest absolute Gasteiger partial charge is 0.254 e. The molecule has 0 aliphatic heterocycles. The molecule has 10 nitrogen and oxygen atoms in total. The van der Waals surface area contributed by atoms with E-state index in [1.165, 1.54) is 11.2 Å². The summed E-state index contributed by atoms with van der Waals surface area (Å²) >= 11 is 0. The number of aldehydes is 1. The number of amides is 1. The summed E-state index contributed by atoms with van der Waals surface area (Å²) in [6.45, 7) is 3.88. The summed E-state index contributed by atoms with van der Waals surface area (Å²) in [4.78, 5) is 31.7. The first-order valence-corrected chi connectivity index (χ1v) is 8.80. The second-order valence-corrected chi connectivity index (χ2v) is 6.51. The van der Waals surface area contributed by atoms with Crippen LogP contribution in [0, 0.1) is 5.92 Å². The zero-order valence-corrected chi connectivity index (χ0v) is 15.6. The highest BCUT2D eigenvalue weighted by Crippen LogP contribution is 2.24. The minimum atomic E-state index is -0.684. The highest BCUT2D eigenvalue weighted by Gasteiger charge is 2.24. The minimum absolute atomic E-state index is 0.00169. The van der Waals surface area contributed by atoms with Gasteiger partial charge in [0.1, 0.15) is 23.7 Å². The molecule has 28 heavy (non-hydrogen) atoms. The summed E-state index contributed by atoms with van der Waals surface area (Å²) < 4.78 is 0. The maximum absolute atomic E-state index is 11.8. The van der Waals surface area contributed by atoms with Gasteiger partial charge in [-0.15, -0.1) is 0 Å². The van der Waals surface area contributed by atoms with Gasteiger partial charge in [0.25, 0.3) is 5.91 Å². The van der Waals surface area contributed by atoms with E-state index in [1.807, 2.05) is 26.0 Å². The number of nitrogens with two attached hydrogens (primary N) is 2. The first-order chi connectivity index (χ1) is 13.4. The van der Waals surface area contributed by atoms with Crippen LogP contribution in [0.5, 0.6) is 0 Å². The molecule has 2 heterocycles. The Balaban J connectivity index is 1.97. The van der Waals surface area contributed by atoms with E-state index in [1.54, 1.807) is 12.3 Å². The molecule has 0 saturated carbocycles. The highest BCUT2D eigenvalue weighted by molar-refractivity contribution is 5.98. The van der Waals surface area contributed by atoms with Gasteiger partial charge in [0.2, 0.25) is 5.95 Å². The number of nitrogens with one attached hydrogen (secondary N) is 2. The zero-order chi connectivity index (χ0) is 20.3. The van der Waals surface area contributed by atoms with E-state index < -0.39 is 11.9 Å². The molecule has 3 aromatic rings. The maximum Gasteiger partial charge on any atom is 0.254 e. The standard InChI is InChI=1S/C18H22N8O2/c1-3-10(2)15(9-27)26(20)18-21-8-13(16(19)28)17(24-18)23-12-4-5-14-11(6-12)7-22-25-14/h4-10,15H,3,20H2,1-2H3,(H2,19,28)(H,22,25)(H,21,23,24)/t10-,15+/m1/s1. The van der Waals surface area contributed by atoms with Gasteiger partial charge in [0.15, 0.2) is 0 Å². The first-order valence-electron chi connectivity index (χ1n) is 8.80. The van der Waals surface area contributed by atoms with Crippen LogP contribution in [-0.2, 0) is 4.79 Å².